The van der Waals surface area contributed by atoms with Gasteiger partial charge in [-0.3, -0.25) is 19.3 Å². The summed E-state index contributed by atoms with van der Waals surface area (Å²) in [6.07, 6.45) is 10.5. The molecule has 1 aliphatic heterocycles. The number of thiocarbonyl (C=S) groups is 1. The van der Waals surface area contributed by atoms with Crippen LogP contribution >= 0.6 is 24.0 Å². The molecule has 1 aromatic heterocycles. The number of carboxylic acids is 2. The lowest BCUT2D eigenvalue weighted by atomic mass is 9.54. The number of aryl methyl sites for hydroxylation is 1. The fraction of sp³-hybridized carbons (Fsp3) is 0.529. The molecule has 5 fully saturated rings. The van der Waals surface area contributed by atoms with E-state index in [-0.39, 0.29) is 18.4 Å². The highest BCUT2D eigenvalue weighted by atomic mass is 32.2. The Hall–Kier alpha value is -3.31. The highest BCUT2D eigenvalue weighted by Crippen LogP contribution is 2.56. The standard InChI is InChI=1S/C34H39NO8S2/c1-41-24-13-21(14-25(16-24)42-2)27-15-20(6-4-3-5-7-26(32(37)38)33(39)40)28(43-27)17-29-31(36)35(34(44)45-29)30-22-9-18-8-19(11-22)12-23(30)10-18/h13-19,22-23,26,30H,3-12H2,1-2H3,(H,37,38)(H,39,40)/b29-17-. The van der Waals surface area contributed by atoms with Crippen molar-refractivity contribution >= 4 is 52.2 Å². The van der Waals surface area contributed by atoms with Gasteiger partial charge in [-0.2, -0.15) is 0 Å². The first kappa shape index (κ1) is 31.7. The third kappa shape index (κ3) is 6.52. The number of benzene rings is 1. The van der Waals surface area contributed by atoms with Crippen LogP contribution in [0.25, 0.3) is 17.4 Å². The Labute approximate surface area is 272 Å². The van der Waals surface area contributed by atoms with E-state index in [2.05, 4.69) is 0 Å². The number of unbranched alkanes of at least 4 members (excludes halogenated alkanes) is 2. The molecule has 7 rings (SSSR count). The summed E-state index contributed by atoms with van der Waals surface area (Å²) in [6.45, 7) is 0. The fourth-order valence-corrected chi connectivity index (χ4v) is 9.54. The number of furan rings is 1. The molecule has 4 bridgehead atoms. The van der Waals surface area contributed by atoms with Gasteiger partial charge in [-0.25, -0.2) is 0 Å². The van der Waals surface area contributed by atoms with Crippen LogP contribution in [0.2, 0.25) is 0 Å². The molecule has 9 nitrogen and oxygen atoms in total. The maximum Gasteiger partial charge on any atom is 0.317 e. The topological polar surface area (TPSA) is 127 Å². The molecule has 4 aliphatic carbocycles. The summed E-state index contributed by atoms with van der Waals surface area (Å²) in [4.78, 5) is 38.9. The van der Waals surface area contributed by atoms with Gasteiger partial charge in [0.05, 0.1) is 19.1 Å². The molecule has 11 heteroatoms. The van der Waals surface area contributed by atoms with Crippen LogP contribution in [0.4, 0.5) is 0 Å². The van der Waals surface area contributed by atoms with Crippen LogP contribution in [0.15, 0.2) is 33.6 Å². The maximum absolute atomic E-state index is 14.0. The zero-order chi connectivity index (χ0) is 31.8. The third-order valence-corrected chi connectivity index (χ3v) is 11.4. The molecule has 1 saturated heterocycles. The molecule has 5 aliphatic rings. The van der Waals surface area contributed by atoms with Crippen LogP contribution < -0.4 is 9.47 Å². The van der Waals surface area contributed by atoms with Crippen LogP contribution in [-0.2, 0) is 20.8 Å². The molecule has 0 radical (unpaired) electrons. The van der Waals surface area contributed by atoms with Crippen molar-refractivity contribution in [2.75, 3.05) is 14.2 Å². The van der Waals surface area contributed by atoms with Gasteiger partial charge in [-0.05, 0) is 98.8 Å². The molecule has 240 valence electrons. The molecule has 0 unspecified atom stereocenters. The molecule has 0 atom stereocenters. The lowest BCUT2D eigenvalue weighted by molar-refractivity contribution is -0.154. The monoisotopic (exact) mass is 653 g/mol. The number of carbonyl (C=O) groups excluding carboxylic acids is 1. The van der Waals surface area contributed by atoms with Gasteiger partial charge < -0.3 is 24.1 Å². The van der Waals surface area contributed by atoms with Gasteiger partial charge in [0.15, 0.2) is 5.92 Å². The van der Waals surface area contributed by atoms with Gasteiger partial charge >= 0.3 is 11.9 Å². The van der Waals surface area contributed by atoms with E-state index in [1.165, 1.54) is 43.9 Å². The number of ether oxygens (including phenoxy) is 2. The van der Waals surface area contributed by atoms with Gasteiger partial charge in [0.25, 0.3) is 5.91 Å². The van der Waals surface area contributed by atoms with Crippen molar-refractivity contribution in [1.29, 1.82) is 0 Å². The average Bonchev–Trinajstić information content (AvgIpc) is 3.53. The number of hydrogen-bond donors (Lipinski definition) is 2. The minimum absolute atomic E-state index is 0.0391. The Balaban J connectivity index is 1.24. The SMILES string of the molecule is COc1cc(OC)cc(-c2cc(CCCCCC(C(=O)O)C(=O)O)c(/C=C3\SC(=S)N(C4C5CC6CC(C5)CC4C6)C3=O)o2)c1. The number of nitrogens with zero attached hydrogens (tertiary/aromatic N) is 1. The highest BCUT2D eigenvalue weighted by Gasteiger charge is 2.53. The normalized spacial score (nSPS) is 26.3. The lowest BCUT2D eigenvalue weighted by Gasteiger charge is -2.56. The van der Waals surface area contributed by atoms with Crippen LogP contribution in [0.5, 0.6) is 11.5 Å². The van der Waals surface area contributed by atoms with Gasteiger partial charge in [-0.1, -0.05) is 36.8 Å². The number of hydrogen-bond acceptors (Lipinski definition) is 8. The summed E-state index contributed by atoms with van der Waals surface area (Å²) < 4.78 is 18.0. The van der Waals surface area contributed by atoms with Crippen molar-refractivity contribution in [1.82, 2.24) is 4.90 Å². The van der Waals surface area contributed by atoms with Crippen LogP contribution in [0, 0.1) is 29.6 Å². The van der Waals surface area contributed by atoms with Crippen molar-refractivity contribution in [3.63, 3.8) is 0 Å². The van der Waals surface area contributed by atoms with E-state index in [0.29, 0.717) is 69.8 Å². The second-order valence-corrected chi connectivity index (χ2v) is 14.6. The van der Waals surface area contributed by atoms with Crippen molar-refractivity contribution in [3.05, 3.63) is 40.5 Å². The van der Waals surface area contributed by atoms with Gasteiger partial charge in [0.2, 0.25) is 0 Å². The van der Waals surface area contributed by atoms with E-state index < -0.39 is 17.9 Å². The number of carboxylic acid groups (broad SMARTS) is 2. The molecule has 4 saturated carbocycles. The first-order valence-corrected chi connectivity index (χ1v) is 17.0. The number of aliphatic carboxylic acids is 2. The number of amides is 1. The van der Waals surface area contributed by atoms with Crippen LogP contribution in [0.1, 0.15) is 69.1 Å². The molecule has 1 amide bonds. The Kier molecular flexibility index (Phi) is 9.29. The minimum Gasteiger partial charge on any atom is -0.497 e. The first-order valence-electron chi connectivity index (χ1n) is 15.7. The number of rotatable bonds is 13. The van der Waals surface area contributed by atoms with E-state index in [1.54, 1.807) is 20.3 Å². The van der Waals surface area contributed by atoms with Crippen molar-refractivity contribution in [2.45, 2.75) is 70.3 Å². The van der Waals surface area contributed by atoms with Gasteiger partial charge in [0.1, 0.15) is 27.3 Å². The zero-order valence-corrected chi connectivity index (χ0v) is 27.2. The first-order chi connectivity index (χ1) is 21.6. The number of carbonyl (C=O) groups is 3. The Morgan fingerprint density at radius 1 is 0.978 bits per heavy atom. The van der Waals surface area contributed by atoms with E-state index in [4.69, 9.17) is 26.1 Å². The molecule has 0 spiro atoms. The summed E-state index contributed by atoms with van der Waals surface area (Å²) >= 11 is 7.17. The fourth-order valence-electron chi connectivity index (χ4n) is 8.22. The van der Waals surface area contributed by atoms with E-state index in [1.807, 2.05) is 29.2 Å². The highest BCUT2D eigenvalue weighted by molar-refractivity contribution is 8.26. The Bertz CT molecular complexity index is 1470. The predicted molar refractivity (Wildman–Crippen MR) is 174 cm³/mol. The van der Waals surface area contributed by atoms with Crippen LogP contribution in [0.3, 0.4) is 0 Å². The molecular weight excluding hydrogens is 615 g/mol. The van der Waals surface area contributed by atoms with Crippen molar-refractivity contribution < 1.29 is 38.5 Å². The van der Waals surface area contributed by atoms with Gasteiger partial charge in [-0.15, -0.1) is 0 Å². The molecule has 2 N–H and O–H groups in total. The summed E-state index contributed by atoms with van der Waals surface area (Å²) in [5.74, 6) is 0.993. The van der Waals surface area contributed by atoms with E-state index in [0.717, 1.165) is 23.0 Å². The van der Waals surface area contributed by atoms with Crippen molar-refractivity contribution in [2.24, 2.45) is 29.6 Å². The molecular formula is C34H39NO8S2. The predicted octanol–water partition coefficient (Wildman–Crippen LogP) is 6.88. The Morgan fingerprint density at radius 2 is 1.60 bits per heavy atom. The summed E-state index contributed by atoms with van der Waals surface area (Å²) in [6, 6.07) is 7.64. The number of methoxy groups -OCH3 is 2. The van der Waals surface area contributed by atoms with Crippen LogP contribution in [-0.4, -0.2) is 57.5 Å². The van der Waals surface area contributed by atoms with Gasteiger partial charge in [0, 0.05) is 23.7 Å². The Morgan fingerprint density at radius 3 is 2.18 bits per heavy atom. The zero-order valence-electron chi connectivity index (χ0n) is 25.5. The number of thioether (sulfide) groups is 1. The summed E-state index contributed by atoms with van der Waals surface area (Å²) in [5, 5.41) is 18.4. The average molecular weight is 654 g/mol. The quantitative estimate of drug-likeness (QED) is 0.102. The summed E-state index contributed by atoms with van der Waals surface area (Å²) in [5.41, 5.74) is 1.67. The molecule has 45 heavy (non-hydrogen) atoms. The maximum atomic E-state index is 14.0. The van der Waals surface area contributed by atoms with Crippen molar-refractivity contribution in [3.8, 4) is 22.8 Å². The van der Waals surface area contributed by atoms with E-state index in [9.17, 15) is 24.6 Å². The molecule has 2 heterocycles. The second kappa shape index (κ2) is 13.2. The minimum atomic E-state index is -1.40. The largest absolute Gasteiger partial charge is 0.497 e. The lowest BCUT2D eigenvalue weighted by Crippen LogP contribution is -2.57. The smallest absolute Gasteiger partial charge is 0.317 e. The summed E-state index contributed by atoms with van der Waals surface area (Å²) in [7, 11) is 3.17. The molecule has 1 aromatic carbocycles. The molecule has 2 aromatic rings. The van der Waals surface area contributed by atoms with E-state index >= 15 is 0 Å². The third-order valence-electron chi connectivity index (χ3n) is 10.1. The second-order valence-electron chi connectivity index (χ2n) is 12.9.